The summed E-state index contributed by atoms with van der Waals surface area (Å²) in [7, 11) is 0. The van der Waals surface area contributed by atoms with Gasteiger partial charge in [0, 0.05) is 0 Å². The van der Waals surface area contributed by atoms with Crippen LogP contribution in [0.3, 0.4) is 0 Å². The van der Waals surface area contributed by atoms with Gasteiger partial charge in [-0.1, -0.05) is 5.16 Å². The van der Waals surface area contributed by atoms with Crippen LogP contribution >= 0.6 is 0 Å². The van der Waals surface area contributed by atoms with E-state index in [1.54, 1.807) is 0 Å². The lowest BCUT2D eigenvalue weighted by atomic mass is 10.4. The average Bonchev–Trinajstić information content (AvgIpc) is 2.12. The normalized spacial score (nSPS) is 24.9. The summed E-state index contributed by atoms with van der Waals surface area (Å²) < 4.78 is 37.6. The van der Waals surface area contributed by atoms with E-state index in [-0.39, 0.29) is 6.61 Å². The van der Waals surface area contributed by atoms with Gasteiger partial charge in [0.25, 0.3) is 0 Å². The number of alkyl halides is 3. The van der Waals surface area contributed by atoms with Crippen molar-refractivity contribution < 1.29 is 22.7 Å². The smallest absolute Gasteiger partial charge is 0.393 e. The molecule has 0 aliphatic carbocycles. The van der Waals surface area contributed by atoms with Crippen molar-refractivity contribution in [3.63, 3.8) is 0 Å². The lowest BCUT2D eigenvalue weighted by Crippen LogP contribution is -2.25. The van der Waals surface area contributed by atoms with Gasteiger partial charge in [-0.05, 0) is 0 Å². The Labute approximate surface area is 54.4 Å². The van der Waals surface area contributed by atoms with Crippen LogP contribution in [0.5, 0.6) is 0 Å². The zero-order chi connectivity index (χ0) is 7.61. The standard InChI is InChI=1S/C4H4F3NO2/c5-4(6,7)10-3-1-8-9-2-3/h1,3H,2H2. The maximum absolute atomic E-state index is 11.4. The Kier molecular flexibility index (Phi) is 1.80. The van der Waals surface area contributed by atoms with Crippen LogP contribution in [0.1, 0.15) is 0 Å². The highest BCUT2D eigenvalue weighted by atomic mass is 19.4. The fourth-order valence-corrected chi connectivity index (χ4v) is 0.507. The highest BCUT2D eigenvalue weighted by molar-refractivity contribution is 5.63. The second kappa shape index (κ2) is 2.45. The molecule has 0 aromatic carbocycles. The number of ether oxygens (including phenoxy) is 1. The largest absolute Gasteiger partial charge is 0.523 e. The van der Waals surface area contributed by atoms with Gasteiger partial charge in [0.2, 0.25) is 0 Å². The van der Waals surface area contributed by atoms with Crippen molar-refractivity contribution in [1.82, 2.24) is 0 Å². The lowest BCUT2D eigenvalue weighted by molar-refractivity contribution is -0.334. The average molecular weight is 155 g/mol. The first-order valence-electron chi connectivity index (χ1n) is 2.48. The highest BCUT2D eigenvalue weighted by Gasteiger charge is 2.34. The van der Waals surface area contributed by atoms with Gasteiger partial charge in [-0.25, -0.2) is 0 Å². The summed E-state index contributed by atoms with van der Waals surface area (Å²) in [5, 5.41) is 3.10. The first kappa shape index (κ1) is 7.33. The van der Waals surface area contributed by atoms with Crippen molar-refractivity contribution >= 4 is 6.21 Å². The van der Waals surface area contributed by atoms with Crippen molar-refractivity contribution in [2.75, 3.05) is 6.61 Å². The predicted molar refractivity (Wildman–Crippen MR) is 25.4 cm³/mol. The summed E-state index contributed by atoms with van der Waals surface area (Å²) in [6, 6.07) is 0. The van der Waals surface area contributed by atoms with Gasteiger partial charge in [-0.15, -0.1) is 13.2 Å². The molecule has 1 aliphatic rings. The molecule has 58 valence electrons. The second-order valence-electron chi connectivity index (χ2n) is 1.65. The third-order valence-electron chi connectivity index (χ3n) is 0.825. The van der Waals surface area contributed by atoms with E-state index in [1.165, 1.54) is 0 Å². The molecular formula is C4H4F3NO2. The minimum Gasteiger partial charge on any atom is -0.393 e. The number of hydrogen-bond acceptors (Lipinski definition) is 3. The van der Waals surface area contributed by atoms with Crippen molar-refractivity contribution in [3.05, 3.63) is 0 Å². The molecule has 1 unspecified atom stereocenters. The van der Waals surface area contributed by atoms with E-state index in [1.807, 2.05) is 0 Å². The van der Waals surface area contributed by atoms with Crippen LogP contribution in [0.4, 0.5) is 13.2 Å². The van der Waals surface area contributed by atoms with E-state index in [4.69, 9.17) is 0 Å². The van der Waals surface area contributed by atoms with E-state index in [9.17, 15) is 13.2 Å². The molecule has 1 atom stereocenters. The maximum Gasteiger partial charge on any atom is 0.523 e. The van der Waals surface area contributed by atoms with Crippen LogP contribution in [0, 0.1) is 0 Å². The Morgan fingerprint density at radius 1 is 1.60 bits per heavy atom. The molecule has 1 rings (SSSR count). The molecule has 0 aromatic rings. The lowest BCUT2D eigenvalue weighted by Gasteiger charge is -2.08. The van der Waals surface area contributed by atoms with E-state index in [0.717, 1.165) is 6.21 Å². The molecular weight excluding hydrogens is 151 g/mol. The third-order valence-corrected chi connectivity index (χ3v) is 0.825. The number of hydrogen-bond donors (Lipinski definition) is 0. The van der Waals surface area contributed by atoms with E-state index >= 15 is 0 Å². The predicted octanol–water partition coefficient (Wildman–Crippen LogP) is 0.907. The quantitative estimate of drug-likeness (QED) is 0.563. The molecule has 0 bridgehead atoms. The molecule has 3 nitrogen and oxygen atoms in total. The Morgan fingerprint density at radius 3 is 2.70 bits per heavy atom. The summed E-state index contributed by atoms with van der Waals surface area (Å²) in [6.07, 6.45) is -4.72. The Hall–Kier alpha value is -0.780. The summed E-state index contributed by atoms with van der Waals surface area (Å²) in [6.45, 7) is -0.167. The molecule has 0 aromatic heterocycles. The molecule has 10 heavy (non-hydrogen) atoms. The van der Waals surface area contributed by atoms with Crippen LogP contribution in [-0.2, 0) is 9.57 Å². The first-order valence-corrected chi connectivity index (χ1v) is 2.48. The second-order valence-corrected chi connectivity index (χ2v) is 1.65. The van der Waals surface area contributed by atoms with Crippen LogP contribution < -0.4 is 0 Å². The van der Waals surface area contributed by atoms with E-state index in [0.29, 0.717) is 0 Å². The van der Waals surface area contributed by atoms with Crippen LogP contribution in [0.25, 0.3) is 0 Å². The topological polar surface area (TPSA) is 30.8 Å². The van der Waals surface area contributed by atoms with Gasteiger partial charge in [-0.3, -0.25) is 4.74 Å². The van der Waals surface area contributed by atoms with Gasteiger partial charge in [0.1, 0.15) is 12.7 Å². The Balaban J connectivity index is 2.31. The number of oxime groups is 1. The molecule has 0 N–H and O–H groups in total. The van der Waals surface area contributed by atoms with E-state index < -0.39 is 12.5 Å². The zero-order valence-electron chi connectivity index (χ0n) is 4.76. The fraction of sp³-hybridized carbons (Fsp3) is 0.750. The van der Waals surface area contributed by atoms with Gasteiger partial charge >= 0.3 is 6.36 Å². The van der Waals surface area contributed by atoms with Crippen molar-refractivity contribution in [2.45, 2.75) is 12.5 Å². The van der Waals surface area contributed by atoms with Crippen LogP contribution in [0.15, 0.2) is 5.16 Å². The minimum atomic E-state index is -4.61. The summed E-state index contributed by atoms with van der Waals surface area (Å²) >= 11 is 0. The molecule has 0 radical (unpaired) electrons. The van der Waals surface area contributed by atoms with Crippen molar-refractivity contribution in [1.29, 1.82) is 0 Å². The SMILES string of the molecule is FC(F)(F)OC1C=NOC1. The molecule has 0 fully saturated rings. The minimum absolute atomic E-state index is 0.167. The van der Waals surface area contributed by atoms with Gasteiger partial charge in [-0.2, -0.15) is 0 Å². The molecule has 0 spiro atoms. The fourth-order valence-electron chi connectivity index (χ4n) is 0.507. The molecule has 0 saturated heterocycles. The van der Waals surface area contributed by atoms with Gasteiger partial charge in [0.15, 0.2) is 0 Å². The first-order chi connectivity index (χ1) is 4.58. The highest BCUT2D eigenvalue weighted by Crippen LogP contribution is 2.19. The summed E-state index contributed by atoms with van der Waals surface area (Å²) in [4.78, 5) is 4.25. The van der Waals surface area contributed by atoms with Gasteiger partial charge in [0.05, 0.1) is 6.21 Å². The zero-order valence-corrected chi connectivity index (χ0v) is 4.76. The third kappa shape index (κ3) is 2.22. The Morgan fingerprint density at radius 2 is 2.30 bits per heavy atom. The molecule has 0 saturated carbocycles. The molecule has 1 heterocycles. The van der Waals surface area contributed by atoms with Crippen molar-refractivity contribution in [3.8, 4) is 0 Å². The van der Waals surface area contributed by atoms with Gasteiger partial charge < -0.3 is 4.84 Å². The summed E-state index contributed by atoms with van der Waals surface area (Å²) in [5.41, 5.74) is 0. The van der Waals surface area contributed by atoms with Crippen molar-refractivity contribution in [2.24, 2.45) is 5.16 Å². The van der Waals surface area contributed by atoms with E-state index in [2.05, 4.69) is 14.7 Å². The number of nitrogens with zero attached hydrogens (tertiary/aromatic N) is 1. The molecule has 1 aliphatic heterocycles. The molecule has 6 heteroatoms. The molecule has 0 amide bonds. The Bertz CT molecular complexity index is 144. The summed E-state index contributed by atoms with van der Waals surface area (Å²) in [5.74, 6) is 0. The maximum atomic E-state index is 11.4. The number of halogens is 3. The van der Waals surface area contributed by atoms with Crippen LogP contribution in [-0.4, -0.2) is 25.3 Å². The monoisotopic (exact) mass is 155 g/mol. The van der Waals surface area contributed by atoms with Crippen LogP contribution in [0.2, 0.25) is 0 Å². The number of rotatable bonds is 1.